The smallest absolute Gasteiger partial charge is 0.345 e. The fourth-order valence-corrected chi connectivity index (χ4v) is 2.51. The molecule has 0 aliphatic heterocycles. The van der Waals surface area contributed by atoms with Crippen molar-refractivity contribution in [1.82, 2.24) is 5.32 Å². The summed E-state index contributed by atoms with van der Waals surface area (Å²) in [6.07, 6.45) is 0. The van der Waals surface area contributed by atoms with Crippen LogP contribution in [0.5, 0.6) is 0 Å². The van der Waals surface area contributed by atoms with E-state index >= 15 is 0 Å². The minimum Gasteiger partial charge on any atom is -0.477 e. The zero-order valence-corrected chi connectivity index (χ0v) is 11.2. The number of carboxylic acids is 1. The molecule has 2 rings (SSSR count). The molecule has 3 nitrogen and oxygen atoms in total. The van der Waals surface area contributed by atoms with Crippen molar-refractivity contribution < 1.29 is 14.3 Å². The topological polar surface area (TPSA) is 49.3 Å². The number of hydrogen-bond donors (Lipinski definition) is 2. The lowest BCUT2D eigenvalue weighted by molar-refractivity contribution is 0.0702. The molecular weight excluding hydrogens is 265 g/mol. The van der Waals surface area contributed by atoms with Crippen molar-refractivity contribution in [1.29, 1.82) is 0 Å². The highest BCUT2D eigenvalue weighted by Crippen LogP contribution is 2.18. The number of aromatic carboxylic acids is 1. The second kappa shape index (κ2) is 5.95. The van der Waals surface area contributed by atoms with Crippen molar-refractivity contribution in [2.24, 2.45) is 0 Å². The van der Waals surface area contributed by atoms with Gasteiger partial charge in [-0.2, -0.15) is 0 Å². The summed E-state index contributed by atoms with van der Waals surface area (Å²) in [5, 5.41) is 12.1. The molecule has 0 spiro atoms. The number of halogens is 1. The van der Waals surface area contributed by atoms with E-state index in [2.05, 4.69) is 5.32 Å². The molecule has 2 aromatic rings. The molecule has 1 unspecified atom stereocenters. The van der Waals surface area contributed by atoms with Gasteiger partial charge in [0.15, 0.2) is 0 Å². The normalized spacial score (nSPS) is 12.3. The lowest BCUT2D eigenvalue weighted by Crippen LogP contribution is -2.17. The lowest BCUT2D eigenvalue weighted by Gasteiger charge is -2.13. The van der Waals surface area contributed by atoms with Gasteiger partial charge in [-0.05, 0) is 36.8 Å². The van der Waals surface area contributed by atoms with Crippen LogP contribution in [-0.2, 0) is 6.54 Å². The predicted molar refractivity (Wildman–Crippen MR) is 72.9 cm³/mol. The van der Waals surface area contributed by atoms with Gasteiger partial charge in [0.2, 0.25) is 0 Å². The van der Waals surface area contributed by atoms with Crippen LogP contribution >= 0.6 is 11.3 Å². The molecular formula is C14H14FNO2S. The maximum absolute atomic E-state index is 12.8. The zero-order chi connectivity index (χ0) is 13.8. The van der Waals surface area contributed by atoms with E-state index in [4.69, 9.17) is 5.11 Å². The van der Waals surface area contributed by atoms with E-state index in [-0.39, 0.29) is 11.9 Å². The molecule has 1 aromatic heterocycles. The van der Waals surface area contributed by atoms with E-state index in [0.717, 1.165) is 10.4 Å². The van der Waals surface area contributed by atoms with Gasteiger partial charge in [0, 0.05) is 17.5 Å². The first-order chi connectivity index (χ1) is 9.06. The minimum absolute atomic E-state index is 0.0796. The first-order valence-electron chi connectivity index (χ1n) is 5.87. The third-order valence-electron chi connectivity index (χ3n) is 2.82. The summed E-state index contributed by atoms with van der Waals surface area (Å²) in [5.41, 5.74) is 0.997. The van der Waals surface area contributed by atoms with Gasteiger partial charge in [0.1, 0.15) is 10.7 Å². The second-order valence-corrected chi connectivity index (χ2v) is 5.39. The van der Waals surface area contributed by atoms with E-state index < -0.39 is 5.97 Å². The lowest BCUT2D eigenvalue weighted by atomic mass is 10.1. The molecule has 0 saturated carbocycles. The van der Waals surface area contributed by atoms with Crippen LogP contribution in [0.2, 0.25) is 0 Å². The number of thiophene rings is 1. The molecule has 19 heavy (non-hydrogen) atoms. The van der Waals surface area contributed by atoms with Crippen LogP contribution in [0.3, 0.4) is 0 Å². The molecule has 1 atom stereocenters. The molecule has 100 valence electrons. The Balaban J connectivity index is 1.94. The summed E-state index contributed by atoms with van der Waals surface area (Å²) in [6, 6.07) is 9.83. The molecule has 5 heteroatoms. The Kier molecular flexibility index (Phi) is 4.29. The number of benzene rings is 1. The molecule has 2 N–H and O–H groups in total. The third kappa shape index (κ3) is 3.62. The first kappa shape index (κ1) is 13.7. The average molecular weight is 279 g/mol. The number of nitrogens with one attached hydrogen (secondary N) is 1. The highest BCUT2D eigenvalue weighted by Gasteiger charge is 2.09. The van der Waals surface area contributed by atoms with Gasteiger partial charge >= 0.3 is 5.97 Å². The summed E-state index contributed by atoms with van der Waals surface area (Å²) >= 11 is 1.26. The van der Waals surface area contributed by atoms with Gasteiger partial charge in [-0.1, -0.05) is 12.1 Å². The number of carboxylic acid groups (broad SMARTS) is 1. The molecule has 1 aromatic carbocycles. The van der Waals surface area contributed by atoms with Crippen LogP contribution in [0.25, 0.3) is 0 Å². The molecule has 0 fully saturated rings. The van der Waals surface area contributed by atoms with E-state index in [1.165, 1.54) is 23.5 Å². The first-order valence-corrected chi connectivity index (χ1v) is 6.69. The van der Waals surface area contributed by atoms with Crippen LogP contribution in [0.1, 0.15) is 33.1 Å². The fraction of sp³-hybridized carbons (Fsp3) is 0.214. The van der Waals surface area contributed by atoms with Crippen LogP contribution in [0.15, 0.2) is 36.4 Å². The summed E-state index contributed by atoms with van der Waals surface area (Å²) in [4.78, 5) is 12.1. The van der Waals surface area contributed by atoms with Crippen molar-refractivity contribution in [2.75, 3.05) is 0 Å². The van der Waals surface area contributed by atoms with Gasteiger partial charge in [-0.3, -0.25) is 0 Å². The van der Waals surface area contributed by atoms with E-state index in [0.29, 0.717) is 11.4 Å². The molecule has 0 radical (unpaired) electrons. The maximum Gasteiger partial charge on any atom is 0.345 e. The largest absolute Gasteiger partial charge is 0.477 e. The van der Waals surface area contributed by atoms with Crippen LogP contribution in [0.4, 0.5) is 4.39 Å². The van der Waals surface area contributed by atoms with Crippen LogP contribution in [0, 0.1) is 5.82 Å². The van der Waals surface area contributed by atoms with Crippen molar-refractivity contribution in [2.45, 2.75) is 19.5 Å². The van der Waals surface area contributed by atoms with Crippen LogP contribution in [-0.4, -0.2) is 11.1 Å². The molecule has 1 heterocycles. The highest BCUT2D eigenvalue weighted by atomic mass is 32.1. The zero-order valence-electron chi connectivity index (χ0n) is 10.4. The number of hydrogen-bond acceptors (Lipinski definition) is 3. The van der Waals surface area contributed by atoms with E-state index in [1.54, 1.807) is 24.3 Å². The predicted octanol–water partition coefficient (Wildman–Crippen LogP) is 3.44. The van der Waals surface area contributed by atoms with E-state index in [9.17, 15) is 9.18 Å². The van der Waals surface area contributed by atoms with Gasteiger partial charge in [-0.15, -0.1) is 11.3 Å². The average Bonchev–Trinajstić information content (AvgIpc) is 2.86. The van der Waals surface area contributed by atoms with Gasteiger partial charge in [0.05, 0.1) is 0 Å². The molecule has 0 aliphatic rings. The van der Waals surface area contributed by atoms with E-state index in [1.807, 2.05) is 6.92 Å². The van der Waals surface area contributed by atoms with Crippen molar-refractivity contribution in [3.63, 3.8) is 0 Å². The van der Waals surface area contributed by atoms with Gasteiger partial charge in [-0.25, -0.2) is 9.18 Å². The summed E-state index contributed by atoms with van der Waals surface area (Å²) in [6.45, 7) is 2.58. The Morgan fingerprint density at radius 3 is 2.58 bits per heavy atom. The summed E-state index contributed by atoms with van der Waals surface area (Å²) < 4.78 is 12.8. The standard InChI is InChI=1S/C14H14FNO2S/c1-9(10-2-4-11(15)5-3-10)16-8-12-6-7-13(19-12)14(17)18/h2-7,9,16H,8H2,1H3,(H,17,18). The molecule has 0 amide bonds. The Labute approximate surface area is 114 Å². The van der Waals surface area contributed by atoms with Gasteiger partial charge < -0.3 is 10.4 Å². The summed E-state index contributed by atoms with van der Waals surface area (Å²) in [5.74, 6) is -1.15. The molecule has 0 bridgehead atoms. The highest BCUT2D eigenvalue weighted by molar-refractivity contribution is 7.13. The SMILES string of the molecule is CC(NCc1ccc(C(=O)O)s1)c1ccc(F)cc1. The van der Waals surface area contributed by atoms with Gasteiger partial charge in [0.25, 0.3) is 0 Å². The molecule has 0 aliphatic carbocycles. The Morgan fingerprint density at radius 2 is 2.00 bits per heavy atom. The number of carbonyl (C=O) groups is 1. The van der Waals surface area contributed by atoms with Crippen molar-refractivity contribution >= 4 is 17.3 Å². The minimum atomic E-state index is -0.900. The monoisotopic (exact) mass is 279 g/mol. The Hall–Kier alpha value is -1.72. The van der Waals surface area contributed by atoms with Crippen LogP contribution < -0.4 is 5.32 Å². The quantitative estimate of drug-likeness (QED) is 0.881. The Morgan fingerprint density at radius 1 is 1.32 bits per heavy atom. The fourth-order valence-electron chi connectivity index (χ4n) is 1.71. The second-order valence-electron chi connectivity index (χ2n) is 4.23. The molecule has 0 saturated heterocycles. The maximum atomic E-state index is 12.8. The Bertz CT molecular complexity index is 565. The third-order valence-corrected chi connectivity index (χ3v) is 3.90. The van der Waals surface area contributed by atoms with Crippen molar-refractivity contribution in [3.8, 4) is 0 Å². The summed E-state index contributed by atoms with van der Waals surface area (Å²) in [7, 11) is 0. The van der Waals surface area contributed by atoms with Crippen molar-refractivity contribution in [3.05, 3.63) is 57.5 Å². The number of rotatable bonds is 5.